The number of aryl methyl sites for hydroxylation is 1. The third-order valence-corrected chi connectivity index (χ3v) is 2.91. The van der Waals surface area contributed by atoms with Crippen LogP contribution in [0.5, 0.6) is 0 Å². The summed E-state index contributed by atoms with van der Waals surface area (Å²) in [7, 11) is 0. The predicted octanol–water partition coefficient (Wildman–Crippen LogP) is 2.17. The van der Waals surface area contributed by atoms with Gasteiger partial charge in [-0.1, -0.05) is 23.6 Å². The summed E-state index contributed by atoms with van der Waals surface area (Å²) in [5.74, 6) is 2.03. The van der Waals surface area contributed by atoms with Crippen LogP contribution in [0.4, 0.5) is 0 Å². The highest BCUT2D eigenvalue weighted by molar-refractivity contribution is 5.69. The van der Waals surface area contributed by atoms with E-state index in [2.05, 4.69) is 10.9 Å². The smallest absolute Gasteiger partial charge is 0.317 e. The number of benzene rings is 1. The van der Waals surface area contributed by atoms with Crippen LogP contribution in [0.2, 0.25) is 0 Å². The summed E-state index contributed by atoms with van der Waals surface area (Å²) in [4.78, 5) is 16.8. The SMILES string of the molecule is C#CCN(CC(=O)O)Cc1coc(-c2ccc(C)cc2)n1. The molecule has 0 aliphatic rings. The number of carbonyl (C=O) groups is 1. The van der Waals surface area contributed by atoms with Crippen LogP contribution < -0.4 is 0 Å². The van der Waals surface area contributed by atoms with Gasteiger partial charge in [-0.2, -0.15) is 0 Å². The Labute approximate surface area is 123 Å². The Bertz CT molecular complexity index is 653. The average molecular weight is 284 g/mol. The van der Waals surface area contributed by atoms with Crippen LogP contribution in [0.1, 0.15) is 11.3 Å². The van der Waals surface area contributed by atoms with Gasteiger partial charge in [-0.15, -0.1) is 6.42 Å². The van der Waals surface area contributed by atoms with E-state index in [1.54, 1.807) is 4.90 Å². The zero-order valence-electron chi connectivity index (χ0n) is 11.7. The zero-order valence-corrected chi connectivity index (χ0v) is 11.7. The standard InChI is InChI=1S/C16H16N2O3/c1-3-8-18(10-15(19)20)9-14-11-21-16(17-14)13-6-4-12(2)5-7-13/h1,4-7,11H,8-10H2,2H3,(H,19,20). The number of rotatable bonds is 6. The normalized spacial score (nSPS) is 10.5. The van der Waals surface area contributed by atoms with Crippen molar-refractivity contribution in [2.75, 3.05) is 13.1 Å². The van der Waals surface area contributed by atoms with Crippen LogP contribution in [-0.2, 0) is 11.3 Å². The van der Waals surface area contributed by atoms with Crippen molar-refractivity contribution in [3.63, 3.8) is 0 Å². The van der Waals surface area contributed by atoms with E-state index in [0.29, 0.717) is 18.1 Å². The van der Waals surface area contributed by atoms with Gasteiger partial charge in [-0.25, -0.2) is 4.98 Å². The second-order valence-corrected chi connectivity index (χ2v) is 4.75. The number of terminal acetylenes is 1. The molecule has 0 unspecified atom stereocenters. The van der Waals surface area contributed by atoms with Crippen molar-refractivity contribution in [3.05, 3.63) is 41.8 Å². The van der Waals surface area contributed by atoms with Crippen LogP contribution in [0.25, 0.3) is 11.5 Å². The molecule has 1 aromatic heterocycles. The van der Waals surface area contributed by atoms with Crippen molar-refractivity contribution in [2.45, 2.75) is 13.5 Å². The van der Waals surface area contributed by atoms with Crippen LogP contribution in [0, 0.1) is 19.3 Å². The number of hydrogen-bond acceptors (Lipinski definition) is 4. The Morgan fingerprint density at radius 3 is 2.76 bits per heavy atom. The molecule has 0 bridgehead atoms. The van der Waals surface area contributed by atoms with Crippen molar-refractivity contribution in [1.29, 1.82) is 0 Å². The van der Waals surface area contributed by atoms with Gasteiger partial charge in [0.1, 0.15) is 6.26 Å². The number of nitrogens with zero attached hydrogens (tertiary/aromatic N) is 2. The summed E-state index contributed by atoms with van der Waals surface area (Å²) in [6.45, 7) is 2.47. The van der Waals surface area contributed by atoms with Crippen LogP contribution >= 0.6 is 0 Å². The van der Waals surface area contributed by atoms with Crippen LogP contribution in [0.3, 0.4) is 0 Å². The van der Waals surface area contributed by atoms with Gasteiger partial charge in [-0.3, -0.25) is 9.69 Å². The summed E-state index contributed by atoms with van der Waals surface area (Å²) in [5, 5.41) is 8.84. The first-order chi connectivity index (χ1) is 10.1. The van der Waals surface area contributed by atoms with E-state index < -0.39 is 5.97 Å². The molecule has 5 heteroatoms. The maximum Gasteiger partial charge on any atom is 0.317 e. The van der Waals surface area contributed by atoms with E-state index in [1.165, 1.54) is 6.26 Å². The Morgan fingerprint density at radius 1 is 1.43 bits per heavy atom. The fourth-order valence-electron chi connectivity index (χ4n) is 1.93. The lowest BCUT2D eigenvalue weighted by Gasteiger charge is -2.14. The van der Waals surface area contributed by atoms with Crippen LogP contribution in [-0.4, -0.2) is 34.0 Å². The molecule has 1 aromatic carbocycles. The lowest BCUT2D eigenvalue weighted by atomic mass is 10.1. The van der Waals surface area contributed by atoms with Gasteiger partial charge in [0.15, 0.2) is 0 Å². The lowest BCUT2D eigenvalue weighted by Crippen LogP contribution is -2.29. The molecular formula is C16H16N2O3. The number of aromatic nitrogens is 1. The summed E-state index contributed by atoms with van der Waals surface area (Å²) in [6, 6.07) is 7.82. The molecule has 0 fully saturated rings. The minimum Gasteiger partial charge on any atom is -0.480 e. The van der Waals surface area contributed by atoms with E-state index in [4.69, 9.17) is 15.9 Å². The topological polar surface area (TPSA) is 66.6 Å². The molecule has 5 nitrogen and oxygen atoms in total. The van der Waals surface area contributed by atoms with E-state index in [-0.39, 0.29) is 13.1 Å². The van der Waals surface area contributed by atoms with Gasteiger partial charge in [0.05, 0.1) is 18.8 Å². The maximum absolute atomic E-state index is 10.8. The molecule has 0 saturated heterocycles. The van der Waals surface area contributed by atoms with E-state index >= 15 is 0 Å². The van der Waals surface area contributed by atoms with Gasteiger partial charge in [0.2, 0.25) is 5.89 Å². The van der Waals surface area contributed by atoms with Gasteiger partial charge in [-0.05, 0) is 19.1 Å². The van der Waals surface area contributed by atoms with Crippen molar-refractivity contribution >= 4 is 5.97 Å². The minimum atomic E-state index is -0.924. The highest BCUT2D eigenvalue weighted by Crippen LogP contribution is 2.19. The Morgan fingerprint density at radius 2 is 2.14 bits per heavy atom. The van der Waals surface area contributed by atoms with Crippen molar-refractivity contribution in [1.82, 2.24) is 9.88 Å². The van der Waals surface area contributed by atoms with Crippen molar-refractivity contribution < 1.29 is 14.3 Å². The molecule has 108 valence electrons. The molecular weight excluding hydrogens is 268 g/mol. The molecule has 2 rings (SSSR count). The highest BCUT2D eigenvalue weighted by atomic mass is 16.4. The molecule has 0 aliphatic heterocycles. The molecule has 0 saturated carbocycles. The first-order valence-corrected chi connectivity index (χ1v) is 6.47. The van der Waals surface area contributed by atoms with Gasteiger partial charge in [0.25, 0.3) is 0 Å². The zero-order chi connectivity index (χ0) is 15.2. The van der Waals surface area contributed by atoms with E-state index in [0.717, 1.165) is 11.1 Å². The maximum atomic E-state index is 10.8. The van der Waals surface area contributed by atoms with Gasteiger partial charge in [0, 0.05) is 12.1 Å². The van der Waals surface area contributed by atoms with Crippen molar-refractivity contribution in [3.8, 4) is 23.8 Å². The van der Waals surface area contributed by atoms with Gasteiger partial charge < -0.3 is 9.52 Å². The molecule has 2 aromatic rings. The summed E-state index contributed by atoms with van der Waals surface area (Å²) < 4.78 is 5.44. The predicted molar refractivity (Wildman–Crippen MR) is 78.4 cm³/mol. The molecule has 0 aliphatic carbocycles. The molecule has 0 radical (unpaired) electrons. The third-order valence-electron chi connectivity index (χ3n) is 2.91. The second-order valence-electron chi connectivity index (χ2n) is 4.75. The monoisotopic (exact) mass is 284 g/mol. The molecule has 0 amide bonds. The Kier molecular flexibility index (Phi) is 4.75. The molecule has 1 heterocycles. The molecule has 21 heavy (non-hydrogen) atoms. The van der Waals surface area contributed by atoms with E-state index in [9.17, 15) is 4.79 Å². The summed E-state index contributed by atoms with van der Waals surface area (Å²) in [5.41, 5.74) is 2.70. The fraction of sp³-hybridized carbons (Fsp3) is 0.250. The largest absolute Gasteiger partial charge is 0.480 e. The minimum absolute atomic E-state index is 0.128. The highest BCUT2D eigenvalue weighted by Gasteiger charge is 2.13. The van der Waals surface area contributed by atoms with Gasteiger partial charge >= 0.3 is 5.97 Å². The Hall–Kier alpha value is -2.58. The van der Waals surface area contributed by atoms with E-state index in [1.807, 2.05) is 31.2 Å². The second kappa shape index (κ2) is 6.73. The third kappa shape index (κ3) is 4.20. The number of aliphatic carboxylic acids is 1. The summed E-state index contributed by atoms with van der Waals surface area (Å²) in [6.07, 6.45) is 6.77. The Balaban J connectivity index is 2.10. The number of hydrogen-bond donors (Lipinski definition) is 1. The lowest BCUT2D eigenvalue weighted by molar-refractivity contribution is -0.138. The number of carboxylic acids is 1. The summed E-state index contributed by atoms with van der Waals surface area (Å²) >= 11 is 0. The molecule has 0 atom stereocenters. The van der Waals surface area contributed by atoms with Crippen molar-refractivity contribution in [2.24, 2.45) is 0 Å². The molecule has 1 N–H and O–H groups in total. The quantitative estimate of drug-likeness (QED) is 0.823. The number of carboxylic acid groups (broad SMARTS) is 1. The number of oxazole rings is 1. The average Bonchev–Trinajstić information content (AvgIpc) is 2.87. The van der Waals surface area contributed by atoms with Crippen LogP contribution in [0.15, 0.2) is 34.9 Å². The molecule has 0 spiro atoms. The first-order valence-electron chi connectivity index (χ1n) is 6.47. The fourth-order valence-corrected chi connectivity index (χ4v) is 1.93. The first kappa shape index (κ1) is 14.8.